The summed E-state index contributed by atoms with van der Waals surface area (Å²) in [4.78, 5) is 0. The van der Waals surface area contributed by atoms with Gasteiger partial charge in [0.15, 0.2) is 0 Å². The molecule has 29 heavy (non-hydrogen) atoms. The Kier molecular flexibility index (Phi) is 6.23. The van der Waals surface area contributed by atoms with E-state index in [0.717, 1.165) is 28.8 Å². The molecule has 1 fully saturated rings. The van der Waals surface area contributed by atoms with E-state index >= 15 is 0 Å². The summed E-state index contributed by atoms with van der Waals surface area (Å²) in [5.41, 5.74) is 2.44. The van der Waals surface area contributed by atoms with Gasteiger partial charge >= 0.3 is 0 Å². The van der Waals surface area contributed by atoms with Crippen molar-refractivity contribution < 1.29 is 9.84 Å². The molecule has 3 aromatic carbocycles. The predicted molar refractivity (Wildman–Crippen MR) is 119 cm³/mol. The van der Waals surface area contributed by atoms with Crippen molar-refractivity contribution in [2.45, 2.75) is 18.1 Å². The Labute approximate surface area is 181 Å². The molecule has 0 spiro atoms. The van der Waals surface area contributed by atoms with Gasteiger partial charge in [0.05, 0.1) is 6.61 Å². The van der Waals surface area contributed by atoms with Gasteiger partial charge in [-0.3, -0.25) is 0 Å². The molecule has 0 saturated carbocycles. The number of aliphatic hydroxyl groups is 1. The second kappa shape index (κ2) is 8.86. The van der Waals surface area contributed by atoms with Gasteiger partial charge in [0.2, 0.25) is 0 Å². The summed E-state index contributed by atoms with van der Waals surface area (Å²) in [6.07, 6.45) is 0.0316. The fourth-order valence-corrected chi connectivity index (χ4v) is 4.32. The Morgan fingerprint density at radius 1 is 0.966 bits per heavy atom. The molecule has 2 unspecified atom stereocenters. The van der Waals surface area contributed by atoms with Crippen LogP contribution in [-0.2, 0) is 16.8 Å². The number of hydrogen-bond donors (Lipinski definition) is 2. The van der Waals surface area contributed by atoms with Crippen molar-refractivity contribution in [3.8, 4) is 11.1 Å². The first-order chi connectivity index (χ1) is 14.1. The Hall–Kier alpha value is -1.88. The third-order valence-electron chi connectivity index (χ3n) is 5.43. The summed E-state index contributed by atoms with van der Waals surface area (Å²) in [7, 11) is 0. The summed E-state index contributed by atoms with van der Waals surface area (Å²) < 4.78 is 6.00. The molecule has 0 amide bonds. The van der Waals surface area contributed by atoms with Gasteiger partial charge in [0, 0.05) is 35.1 Å². The molecule has 0 radical (unpaired) electrons. The maximum Gasteiger partial charge on any atom is 0.121 e. The lowest BCUT2D eigenvalue weighted by molar-refractivity contribution is -0.124. The quantitative estimate of drug-likeness (QED) is 0.596. The molecule has 1 saturated heterocycles. The summed E-state index contributed by atoms with van der Waals surface area (Å²) in [6.45, 7) is 1.95. The third-order valence-corrected chi connectivity index (χ3v) is 5.99. The minimum atomic E-state index is -1.18. The molecule has 3 aromatic rings. The van der Waals surface area contributed by atoms with E-state index in [-0.39, 0.29) is 6.10 Å². The van der Waals surface area contributed by atoms with E-state index in [1.54, 1.807) is 12.1 Å². The van der Waals surface area contributed by atoms with Crippen LogP contribution < -0.4 is 5.32 Å². The van der Waals surface area contributed by atoms with Crippen molar-refractivity contribution in [1.29, 1.82) is 0 Å². The monoisotopic (exact) mass is 427 g/mol. The zero-order valence-corrected chi connectivity index (χ0v) is 17.5. The molecule has 0 aromatic heterocycles. The zero-order valence-electron chi connectivity index (χ0n) is 15.9. The van der Waals surface area contributed by atoms with E-state index in [1.165, 1.54) is 0 Å². The summed E-state index contributed by atoms with van der Waals surface area (Å²) in [6, 6.07) is 23.2. The van der Waals surface area contributed by atoms with Crippen molar-refractivity contribution in [2.75, 3.05) is 19.7 Å². The van der Waals surface area contributed by atoms with Gasteiger partial charge in [-0.25, -0.2) is 0 Å². The minimum Gasteiger partial charge on any atom is -0.382 e. The number of morpholine rings is 1. The molecule has 150 valence electrons. The number of halogens is 2. The molecule has 0 bridgehead atoms. The Bertz CT molecular complexity index is 974. The first-order valence-corrected chi connectivity index (χ1v) is 10.5. The van der Waals surface area contributed by atoms with E-state index in [0.29, 0.717) is 29.6 Å². The van der Waals surface area contributed by atoms with Crippen molar-refractivity contribution >= 4 is 23.2 Å². The van der Waals surface area contributed by atoms with Crippen LogP contribution in [0.3, 0.4) is 0 Å². The van der Waals surface area contributed by atoms with Crippen LogP contribution in [0.15, 0.2) is 72.8 Å². The minimum absolute atomic E-state index is 0.360. The number of benzene rings is 3. The number of nitrogens with one attached hydrogen (secondary N) is 1. The highest BCUT2D eigenvalue weighted by molar-refractivity contribution is 6.35. The first kappa shape index (κ1) is 20.4. The number of rotatable bonds is 5. The average Bonchev–Trinajstić information content (AvgIpc) is 2.77. The highest BCUT2D eigenvalue weighted by Crippen LogP contribution is 2.38. The number of hydrogen-bond acceptors (Lipinski definition) is 3. The van der Waals surface area contributed by atoms with Crippen molar-refractivity contribution in [1.82, 2.24) is 5.32 Å². The molecular weight excluding hydrogens is 405 g/mol. The molecule has 3 nitrogen and oxygen atoms in total. The van der Waals surface area contributed by atoms with Crippen molar-refractivity contribution in [3.63, 3.8) is 0 Å². The van der Waals surface area contributed by atoms with E-state index in [1.807, 2.05) is 60.7 Å². The van der Waals surface area contributed by atoms with Gasteiger partial charge in [0.25, 0.3) is 0 Å². The fraction of sp³-hybridized carbons (Fsp3) is 0.250. The second-order valence-electron chi connectivity index (χ2n) is 7.31. The normalized spacial score (nSPS) is 18.9. The molecular formula is C24H23Cl2NO2. The van der Waals surface area contributed by atoms with Gasteiger partial charge in [-0.1, -0.05) is 77.8 Å². The molecule has 2 atom stereocenters. The van der Waals surface area contributed by atoms with Crippen LogP contribution in [0.1, 0.15) is 11.1 Å². The van der Waals surface area contributed by atoms with Crippen LogP contribution in [0.25, 0.3) is 11.1 Å². The SMILES string of the molecule is OC(Cc1ccccc1-c1cc(Cl)ccc1Cl)(c1ccccc1)C1CNCCO1. The smallest absolute Gasteiger partial charge is 0.121 e. The van der Waals surface area contributed by atoms with Crippen molar-refractivity contribution in [2.24, 2.45) is 0 Å². The van der Waals surface area contributed by atoms with E-state index in [2.05, 4.69) is 5.32 Å². The Morgan fingerprint density at radius 3 is 2.48 bits per heavy atom. The van der Waals surface area contributed by atoms with Gasteiger partial charge in [-0.05, 0) is 34.9 Å². The van der Waals surface area contributed by atoms with Gasteiger partial charge in [0.1, 0.15) is 11.7 Å². The van der Waals surface area contributed by atoms with Crippen LogP contribution in [0.4, 0.5) is 0 Å². The van der Waals surface area contributed by atoms with Crippen LogP contribution in [0, 0.1) is 0 Å². The summed E-state index contributed by atoms with van der Waals surface area (Å²) in [5.74, 6) is 0. The molecule has 1 aliphatic rings. The fourth-order valence-electron chi connectivity index (χ4n) is 3.93. The third kappa shape index (κ3) is 4.35. The lowest BCUT2D eigenvalue weighted by Crippen LogP contribution is -2.52. The van der Waals surface area contributed by atoms with Gasteiger partial charge in [-0.2, -0.15) is 0 Å². The topological polar surface area (TPSA) is 41.5 Å². The average molecular weight is 428 g/mol. The van der Waals surface area contributed by atoms with E-state index in [9.17, 15) is 5.11 Å². The maximum atomic E-state index is 11.9. The van der Waals surface area contributed by atoms with E-state index < -0.39 is 5.60 Å². The molecule has 1 aliphatic heterocycles. The maximum absolute atomic E-state index is 11.9. The Morgan fingerprint density at radius 2 is 1.72 bits per heavy atom. The molecule has 2 N–H and O–H groups in total. The largest absolute Gasteiger partial charge is 0.382 e. The predicted octanol–water partition coefficient (Wildman–Crippen LogP) is 5.08. The highest BCUT2D eigenvalue weighted by Gasteiger charge is 2.41. The molecule has 1 heterocycles. The van der Waals surface area contributed by atoms with Crippen LogP contribution in [0.2, 0.25) is 10.0 Å². The van der Waals surface area contributed by atoms with E-state index in [4.69, 9.17) is 27.9 Å². The second-order valence-corrected chi connectivity index (χ2v) is 8.16. The van der Waals surface area contributed by atoms with Crippen molar-refractivity contribution in [3.05, 3.63) is 94.0 Å². The van der Waals surface area contributed by atoms with Gasteiger partial charge in [-0.15, -0.1) is 0 Å². The zero-order chi connectivity index (χ0) is 20.3. The Balaban J connectivity index is 1.79. The lowest BCUT2D eigenvalue weighted by Gasteiger charge is -2.39. The lowest BCUT2D eigenvalue weighted by atomic mass is 9.80. The number of ether oxygens (including phenoxy) is 1. The summed E-state index contributed by atoms with van der Waals surface area (Å²) in [5, 5.41) is 16.5. The standard InChI is InChI=1S/C24H23Cl2NO2/c25-19-10-11-22(26)21(14-19)20-9-5-4-6-17(20)15-24(28,18-7-2-1-3-8-18)23-16-27-12-13-29-23/h1-11,14,23,27-28H,12-13,15-16H2. The molecule has 4 rings (SSSR count). The highest BCUT2D eigenvalue weighted by atomic mass is 35.5. The molecule has 0 aliphatic carbocycles. The van der Waals surface area contributed by atoms with Gasteiger partial charge < -0.3 is 15.2 Å². The van der Waals surface area contributed by atoms with Crippen LogP contribution in [0.5, 0.6) is 0 Å². The van der Waals surface area contributed by atoms with Crippen LogP contribution >= 0.6 is 23.2 Å². The first-order valence-electron chi connectivity index (χ1n) is 9.71. The molecule has 5 heteroatoms. The summed E-state index contributed by atoms with van der Waals surface area (Å²) >= 11 is 12.7. The van der Waals surface area contributed by atoms with Crippen LogP contribution in [-0.4, -0.2) is 30.9 Å².